The van der Waals surface area contributed by atoms with Crippen LogP contribution in [0.4, 0.5) is 0 Å². The van der Waals surface area contributed by atoms with E-state index in [2.05, 4.69) is 11.8 Å². The van der Waals surface area contributed by atoms with Gasteiger partial charge in [-0.15, -0.1) is 0 Å². The highest BCUT2D eigenvalue weighted by Crippen LogP contribution is 2.39. The van der Waals surface area contributed by atoms with Gasteiger partial charge in [0.15, 0.2) is 5.78 Å². The molecular weight excluding hydrogens is 194 g/mol. The Balaban J connectivity index is 2.32. The molecule has 4 atom stereocenters. The smallest absolute Gasteiger partial charge is 0.161 e. The highest BCUT2D eigenvalue weighted by atomic mass is 16.5. The van der Waals surface area contributed by atoms with Crippen molar-refractivity contribution < 1.29 is 14.6 Å². The molecule has 3 saturated heterocycles. The SMILES string of the molecule is COC[C@]1(CO)C(=O)[C@H]2CCN1[C@H](C)C2. The van der Waals surface area contributed by atoms with Crippen LogP contribution in [0.5, 0.6) is 0 Å². The molecule has 15 heavy (non-hydrogen) atoms. The van der Waals surface area contributed by atoms with E-state index in [1.165, 1.54) is 0 Å². The van der Waals surface area contributed by atoms with Gasteiger partial charge in [0.2, 0.25) is 0 Å². The van der Waals surface area contributed by atoms with Crippen molar-refractivity contribution in [2.24, 2.45) is 5.92 Å². The number of ether oxygens (including phenoxy) is 1. The van der Waals surface area contributed by atoms with Gasteiger partial charge < -0.3 is 9.84 Å². The Hall–Kier alpha value is -0.450. The highest BCUT2D eigenvalue weighted by molar-refractivity contribution is 5.92. The number of carbonyl (C=O) groups excluding carboxylic acids is 1. The molecule has 0 amide bonds. The van der Waals surface area contributed by atoms with Crippen LogP contribution in [0.2, 0.25) is 0 Å². The van der Waals surface area contributed by atoms with Gasteiger partial charge in [0.1, 0.15) is 5.54 Å². The van der Waals surface area contributed by atoms with Crippen molar-refractivity contribution in [1.82, 2.24) is 4.90 Å². The van der Waals surface area contributed by atoms with Gasteiger partial charge in [-0.25, -0.2) is 0 Å². The number of nitrogens with zero attached hydrogens (tertiary/aromatic N) is 1. The largest absolute Gasteiger partial charge is 0.394 e. The molecule has 0 aliphatic carbocycles. The zero-order valence-corrected chi connectivity index (χ0v) is 9.40. The Labute approximate surface area is 90.2 Å². The number of aliphatic hydroxyl groups is 1. The van der Waals surface area contributed by atoms with E-state index in [1.807, 2.05) is 0 Å². The minimum Gasteiger partial charge on any atom is -0.394 e. The van der Waals surface area contributed by atoms with Gasteiger partial charge in [-0.3, -0.25) is 9.69 Å². The predicted molar refractivity (Wildman–Crippen MR) is 55.6 cm³/mol. The summed E-state index contributed by atoms with van der Waals surface area (Å²) in [6.45, 7) is 3.21. The maximum atomic E-state index is 12.2. The molecule has 2 bridgehead atoms. The van der Waals surface area contributed by atoms with Crippen molar-refractivity contribution >= 4 is 5.78 Å². The number of methoxy groups -OCH3 is 1. The fourth-order valence-corrected chi connectivity index (χ4v) is 3.17. The van der Waals surface area contributed by atoms with Gasteiger partial charge in [-0.1, -0.05) is 0 Å². The lowest BCUT2D eigenvalue weighted by molar-refractivity contribution is -0.164. The summed E-state index contributed by atoms with van der Waals surface area (Å²) in [7, 11) is 1.58. The molecule has 4 nitrogen and oxygen atoms in total. The summed E-state index contributed by atoms with van der Waals surface area (Å²) in [6, 6.07) is 0.378. The number of piperidine rings is 3. The zero-order valence-electron chi connectivity index (χ0n) is 9.40. The second-order valence-electron chi connectivity index (χ2n) is 4.75. The van der Waals surface area contributed by atoms with Crippen molar-refractivity contribution in [3.05, 3.63) is 0 Å². The van der Waals surface area contributed by atoms with Crippen molar-refractivity contribution in [3.63, 3.8) is 0 Å². The van der Waals surface area contributed by atoms with Crippen LogP contribution >= 0.6 is 0 Å². The minimum absolute atomic E-state index is 0.124. The van der Waals surface area contributed by atoms with Crippen molar-refractivity contribution in [2.45, 2.75) is 31.3 Å². The van der Waals surface area contributed by atoms with Crippen molar-refractivity contribution in [2.75, 3.05) is 26.9 Å². The van der Waals surface area contributed by atoms with Crippen LogP contribution in [0.3, 0.4) is 0 Å². The number of hydrogen-bond donors (Lipinski definition) is 1. The molecule has 0 aromatic heterocycles. The van der Waals surface area contributed by atoms with E-state index in [1.54, 1.807) is 7.11 Å². The van der Waals surface area contributed by atoms with E-state index in [9.17, 15) is 9.90 Å². The first-order chi connectivity index (χ1) is 7.15. The molecule has 0 saturated carbocycles. The summed E-state index contributed by atoms with van der Waals surface area (Å²) in [4.78, 5) is 14.3. The monoisotopic (exact) mass is 213 g/mol. The van der Waals surface area contributed by atoms with E-state index in [0.717, 1.165) is 19.4 Å². The van der Waals surface area contributed by atoms with Crippen LogP contribution in [0.25, 0.3) is 0 Å². The van der Waals surface area contributed by atoms with E-state index in [-0.39, 0.29) is 18.3 Å². The number of rotatable bonds is 3. The number of aliphatic hydroxyl groups excluding tert-OH is 1. The predicted octanol–water partition coefficient (Wildman–Crippen LogP) is 0.0471. The molecule has 3 fully saturated rings. The van der Waals surface area contributed by atoms with Crippen LogP contribution < -0.4 is 0 Å². The first kappa shape index (κ1) is 11.0. The molecule has 86 valence electrons. The Kier molecular flexibility index (Phi) is 2.83. The van der Waals surface area contributed by atoms with Crippen LogP contribution in [0.1, 0.15) is 19.8 Å². The topological polar surface area (TPSA) is 49.8 Å². The fourth-order valence-electron chi connectivity index (χ4n) is 3.17. The molecule has 4 heteroatoms. The summed E-state index contributed by atoms with van der Waals surface area (Å²) in [5.41, 5.74) is -0.755. The number of Topliss-reactive ketones (excluding diaryl/α,β-unsaturated/α-hetero) is 1. The number of hydrogen-bond acceptors (Lipinski definition) is 4. The molecule has 3 aliphatic rings. The molecule has 3 rings (SSSR count). The third-order valence-electron chi connectivity index (χ3n) is 3.90. The summed E-state index contributed by atoms with van der Waals surface area (Å²) in [6.07, 6.45) is 1.87. The van der Waals surface area contributed by atoms with Crippen LogP contribution in [0.15, 0.2) is 0 Å². The summed E-state index contributed by atoms with van der Waals surface area (Å²) >= 11 is 0. The van der Waals surface area contributed by atoms with Gasteiger partial charge in [0, 0.05) is 25.6 Å². The van der Waals surface area contributed by atoms with Crippen molar-refractivity contribution in [1.29, 1.82) is 0 Å². The third kappa shape index (κ3) is 1.43. The number of carbonyl (C=O) groups is 1. The Morgan fingerprint density at radius 1 is 1.67 bits per heavy atom. The van der Waals surface area contributed by atoms with Crippen LogP contribution in [0, 0.1) is 5.92 Å². The second kappa shape index (κ2) is 3.85. The second-order valence-corrected chi connectivity index (χ2v) is 4.75. The highest BCUT2D eigenvalue weighted by Gasteiger charge is 2.55. The Morgan fingerprint density at radius 2 is 2.40 bits per heavy atom. The third-order valence-corrected chi connectivity index (χ3v) is 3.90. The Bertz CT molecular complexity index is 269. The molecule has 3 heterocycles. The standard InChI is InChI=1S/C11H19NO3/c1-8-5-9-3-4-12(8)11(6-13,7-15-2)10(9)14/h8-9,13H,3-7H2,1-2H3/t8-,9+,11-/m1/s1. The molecule has 1 N–H and O–H groups in total. The van der Waals surface area contributed by atoms with Gasteiger partial charge >= 0.3 is 0 Å². The molecule has 0 radical (unpaired) electrons. The van der Waals surface area contributed by atoms with Crippen molar-refractivity contribution in [3.8, 4) is 0 Å². The van der Waals surface area contributed by atoms with Gasteiger partial charge in [0.25, 0.3) is 0 Å². The lowest BCUT2D eigenvalue weighted by atomic mass is 9.71. The number of fused-ring (bicyclic) bond motifs is 3. The summed E-state index contributed by atoms with van der Waals surface area (Å²) in [5.74, 6) is 0.309. The molecule has 1 unspecified atom stereocenters. The van der Waals surface area contributed by atoms with E-state index in [0.29, 0.717) is 12.6 Å². The average Bonchev–Trinajstić information content (AvgIpc) is 2.24. The molecule has 0 spiro atoms. The molecule has 3 aliphatic heterocycles. The summed E-state index contributed by atoms with van der Waals surface area (Å²) in [5, 5.41) is 9.54. The fraction of sp³-hybridized carbons (Fsp3) is 0.909. The van der Waals surface area contributed by atoms with Crippen LogP contribution in [-0.2, 0) is 9.53 Å². The maximum Gasteiger partial charge on any atom is 0.161 e. The number of ketones is 1. The normalized spacial score (nSPS) is 44.7. The van der Waals surface area contributed by atoms with Crippen LogP contribution in [-0.4, -0.2) is 54.2 Å². The van der Waals surface area contributed by atoms with E-state index >= 15 is 0 Å². The lowest BCUT2D eigenvalue weighted by Gasteiger charge is -2.55. The molecule has 0 aromatic rings. The Morgan fingerprint density at radius 3 is 2.93 bits per heavy atom. The minimum atomic E-state index is -0.755. The first-order valence-corrected chi connectivity index (χ1v) is 5.56. The quantitative estimate of drug-likeness (QED) is 0.719. The van der Waals surface area contributed by atoms with Gasteiger partial charge in [-0.05, 0) is 19.8 Å². The van der Waals surface area contributed by atoms with E-state index in [4.69, 9.17) is 4.74 Å². The average molecular weight is 213 g/mol. The zero-order chi connectivity index (χ0) is 11.1. The first-order valence-electron chi connectivity index (χ1n) is 5.56. The van der Waals surface area contributed by atoms with E-state index < -0.39 is 5.54 Å². The maximum absolute atomic E-state index is 12.2. The molecular formula is C11H19NO3. The summed E-state index contributed by atoms with van der Waals surface area (Å²) < 4.78 is 5.12. The van der Waals surface area contributed by atoms with Gasteiger partial charge in [-0.2, -0.15) is 0 Å². The van der Waals surface area contributed by atoms with Gasteiger partial charge in [0.05, 0.1) is 13.2 Å². The lowest BCUT2D eigenvalue weighted by Crippen LogP contribution is -2.71. The molecule has 0 aromatic carbocycles.